The Bertz CT molecular complexity index is 410. The number of carbonyl (C=O) groups is 2. The van der Waals surface area contributed by atoms with Gasteiger partial charge in [-0.3, -0.25) is 4.79 Å². The molecule has 0 N–H and O–H groups in total. The molecule has 1 aromatic heterocycles. The molecule has 0 aliphatic carbocycles. The first-order valence-corrected chi connectivity index (χ1v) is 5.35. The smallest absolute Gasteiger partial charge is 0.367 e. The maximum absolute atomic E-state index is 11.2. The summed E-state index contributed by atoms with van der Waals surface area (Å²) < 4.78 is 15.0. The average Bonchev–Trinajstić information content (AvgIpc) is 2.95. The van der Waals surface area contributed by atoms with Crippen LogP contribution in [0.2, 0.25) is 0 Å². The van der Waals surface area contributed by atoms with Gasteiger partial charge in [-0.15, -0.1) is 11.3 Å². The Balaban J connectivity index is 2.32. The van der Waals surface area contributed by atoms with Crippen LogP contribution in [0.3, 0.4) is 0 Å². The molecular formula is C9H9NO5S. The van der Waals surface area contributed by atoms with E-state index in [2.05, 4.69) is 9.72 Å². The van der Waals surface area contributed by atoms with Gasteiger partial charge in [-0.25, -0.2) is 9.78 Å². The summed E-state index contributed by atoms with van der Waals surface area (Å²) in [6.45, 7) is 0.905. The molecule has 1 saturated heterocycles. The lowest BCUT2D eigenvalue weighted by molar-refractivity contribution is -0.0472. The summed E-state index contributed by atoms with van der Waals surface area (Å²) in [5.74, 6) is -0.572. The highest BCUT2D eigenvalue weighted by Gasteiger charge is 2.27. The Morgan fingerprint density at radius 2 is 2.25 bits per heavy atom. The van der Waals surface area contributed by atoms with Gasteiger partial charge in [-0.2, -0.15) is 0 Å². The van der Waals surface area contributed by atoms with Crippen molar-refractivity contribution in [2.75, 3.05) is 20.3 Å². The lowest BCUT2D eigenvalue weighted by Crippen LogP contribution is -2.04. The van der Waals surface area contributed by atoms with Gasteiger partial charge in [-0.1, -0.05) is 0 Å². The summed E-state index contributed by atoms with van der Waals surface area (Å²) >= 11 is 0.965. The zero-order valence-corrected chi connectivity index (χ0v) is 9.28. The fourth-order valence-corrected chi connectivity index (χ4v) is 2.10. The van der Waals surface area contributed by atoms with Gasteiger partial charge in [0.25, 0.3) is 0 Å². The molecule has 0 spiro atoms. The second-order valence-corrected chi connectivity index (χ2v) is 3.98. The molecule has 2 heterocycles. The van der Waals surface area contributed by atoms with E-state index in [0.29, 0.717) is 30.1 Å². The maximum Gasteiger partial charge on any atom is 0.367 e. The molecule has 6 nitrogen and oxygen atoms in total. The Morgan fingerprint density at radius 3 is 2.81 bits per heavy atom. The maximum atomic E-state index is 11.2. The molecule has 7 heteroatoms. The van der Waals surface area contributed by atoms with E-state index in [-0.39, 0.29) is 5.01 Å². The molecule has 2 rings (SSSR count). The number of aldehydes is 1. The minimum Gasteiger partial charge on any atom is -0.464 e. The van der Waals surface area contributed by atoms with Crippen LogP contribution < -0.4 is 0 Å². The summed E-state index contributed by atoms with van der Waals surface area (Å²) in [5.41, 5.74) is 0.345. The van der Waals surface area contributed by atoms with Gasteiger partial charge in [0.15, 0.2) is 6.29 Å². The number of thiazole rings is 1. The molecule has 0 atom stereocenters. The Kier molecular flexibility index (Phi) is 3.28. The molecule has 0 unspecified atom stereocenters. The number of hydrogen-bond acceptors (Lipinski definition) is 7. The average molecular weight is 243 g/mol. The van der Waals surface area contributed by atoms with Crippen LogP contribution in [0.5, 0.6) is 0 Å². The van der Waals surface area contributed by atoms with Crippen molar-refractivity contribution in [2.24, 2.45) is 0 Å². The third kappa shape index (κ3) is 1.97. The quantitative estimate of drug-likeness (QED) is 0.577. The third-order valence-electron chi connectivity index (χ3n) is 1.99. The van der Waals surface area contributed by atoms with Crippen LogP contribution in [0.15, 0.2) is 0 Å². The van der Waals surface area contributed by atoms with E-state index in [1.54, 1.807) is 0 Å². The number of rotatable bonds is 3. The summed E-state index contributed by atoms with van der Waals surface area (Å²) in [6.07, 6.45) is -0.0281. The molecule has 0 aromatic carbocycles. The van der Waals surface area contributed by atoms with Crippen molar-refractivity contribution in [1.29, 1.82) is 0 Å². The minimum atomic E-state index is -0.658. The predicted molar refractivity (Wildman–Crippen MR) is 53.5 cm³/mol. The fourth-order valence-electron chi connectivity index (χ4n) is 1.29. The number of ether oxygens (including phenoxy) is 3. The number of aromatic nitrogens is 1. The molecule has 0 amide bonds. The normalized spacial score (nSPS) is 16.3. The topological polar surface area (TPSA) is 74.7 Å². The van der Waals surface area contributed by atoms with Crippen molar-refractivity contribution in [1.82, 2.24) is 4.98 Å². The zero-order valence-electron chi connectivity index (χ0n) is 8.47. The minimum absolute atomic E-state index is 0.124. The number of esters is 1. The zero-order chi connectivity index (χ0) is 11.5. The Labute approximate surface area is 95.1 Å². The molecular weight excluding hydrogens is 234 g/mol. The van der Waals surface area contributed by atoms with E-state index in [1.165, 1.54) is 7.11 Å². The van der Waals surface area contributed by atoms with E-state index in [0.717, 1.165) is 11.3 Å². The van der Waals surface area contributed by atoms with Crippen LogP contribution in [0.4, 0.5) is 0 Å². The highest BCUT2D eigenvalue weighted by Crippen LogP contribution is 2.28. The first-order chi connectivity index (χ1) is 7.76. The van der Waals surface area contributed by atoms with Gasteiger partial charge in [0.2, 0.25) is 11.3 Å². The Hall–Kier alpha value is -1.31. The van der Waals surface area contributed by atoms with Crippen LogP contribution in [0.1, 0.15) is 31.5 Å². The van der Waals surface area contributed by atoms with Crippen molar-refractivity contribution >= 4 is 23.6 Å². The second kappa shape index (κ2) is 4.69. The highest BCUT2D eigenvalue weighted by molar-refractivity contribution is 7.15. The summed E-state index contributed by atoms with van der Waals surface area (Å²) in [4.78, 5) is 26.4. The fraction of sp³-hybridized carbons (Fsp3) is 0.444. The highest BCUT2D eigenvalue weighted by atomic mass is 32.1. The lowest BCUT2D eigenvalue weighted by atomic mass is 10.3. The predicted octanol–water partition coefficient (Wildman–Crippen LogP) is 0.788. The van der Waals surface area contributed by atoms with Crippen LogP contribution >= 0.6 is 11.3 Å². The number of carbonyl (C=O) groups excluding carboxylic acids is 2. The summed E-state index contributed by atoms with van der Waals surface area (Å²) in [6, 6.07) is 0. The van der Waals surface area contributed by atoms with E-state index in [9.17, 15) is 9.59 Å². The molecule has 1 aromatic rings. The van der Waals surface area contributed by atoms with Crippen molar-refractivity contribution in [3.8, 4) is 0 Å². The van der Waals surface area contributed by atoms with Gasteiger partial charge in [0.1, 0.15) is 5.69 Å². The van der Waals surface area contributed by atoms with Crippen LogP contribution in [0, 0.1) is 0 Å². The third-order valence-corrected chi connectivity index (χ3v) is 2.97. The van der Waals surface area contributed by atoms with Crippen LogP contribution in [-0.2, 0) is 14.2 Å². The van der Waals surface area contributed by atoms with Crippen molar-refractivity contribution in [3.63, 3.8) is 0 Å². The van der Waals surface area contributed by atoms with Crippen molar-refractivity contribution in [3.05, 3.63) is 15.6 Å². The molecule has 1 aliphatic rings. The van der Waals surface area contributed by atoms with Gasteiger partial charge < -0.3 is 14.2 Å². The molecule has 0 saturated carbocycles. The first-order valence-electron chi connectivity index (χ1n) is 4.53. The van der Waals surface area contributed by atoms with Gasteiger partial charge in [0.05, 0.1) is 25.2 Å². The van der Waals surface area contributed by atoms with Gasteiger partial charge in [-0.05, 0) is 0 Å². The number of methoxy groups -OCH3 is 1. The SMILES string of the molecule is COC(=O)c1nc(C2OCCO2)c(C=O)s1. The van der Waals surface area contributed by atoms with E-state index >= 15 is 0 Å². The number of hydrogen-bond donors (Lipinski definition) is 0. The van der Waals surface area contributed by atoms with E-state index in [1.807, 2.05) is 0 Å². The summed E-state index contributed by atoms with van der Waals surface area (Å²) in [5, 5.41) is 0.124. The van der Waals surface area contributed by atoms with E-state index < -0.39 is 12.3 Å². The standard InChI is InChI=1S/C9H9NO5S/c1-13-8(12)7-10-6(5(4-11)16-7)9-14-2-3-15-9/h4,9H,2-3H2,1H3. The van der Waals surface area contributed by atoms with Crippen molar-refractivity contribution < 1.29 is 23.8 Å². The molecule has 86 valence electrons. The largest absolute Gasteiger partial charge is 0.464 e. The molecule has 16 heavy (non-hydrogen) atoms. The first kappa shape index (κ1) is 11.2. The number of nitrogens with zero attached hydrogens (tertiary/aromatic N) is 1. The molecule has 0 radical (unpaired) electrons. The Morgan fingerprint density at radius 1 is 1.56 bits per heavy atom. The van der Waals surface area contributed by atoms with Crippen LogP contribution in [0.25, 0.3) is 0 Å². The monoisotopic (exact) mass is 243 g/mol. The van der Waals surface area contributed by atoms with E-state index in [4.69, 9.17) is 9.47 Å². The van der Waals surface area contributed by atoms with Crippen LogP contribution in [-0.4, -0.2) is 37.6 Å². The second-order valence-electron chi connectivity index (χ2n) is 2.95. The van der Waals surface area contributed by atoms with Gasteiger partial charge in [0, 0.05) is 0 Å². The van der Waals surface area contributed by atoms with Crippen molar-refractivity contribution in [2.45, 2.75) is 6.29 Å². The van der Waals surface area contributed by atoms with Gasteiger partial charge >= 0.3 is 5.97 Å². The summed E-state index contributed by atoms with van der Waals surface area (Å²) in [7, 11) is 1.26. The lowest BCUT2D eigenvalue weighted by Gasteiger charge is -2.05. The molecule has 1 fully saturated rings. The molecule has 1 aliphatic heterocycles. The molecule has 0 bridgehead atoms.